The maximum absolute atomic E-state index is 10.3. The van der Waals surface area contributed by atoms with E-state index in [0.717, 1.165) is 11.4 Å². The molecule has 3 aromatic rings. The Morgan fingerprint density at radius 3 is 1.45 bits per heavy atom. The lowest BCUT2D eigenvalue weighted by Gasteiger charge is -2.28. The lowest BCUT2D eigenvalue weighted by molar-refractivity contribution is 0.476. The van der Waals surface area contributed by atoms with Crippen molar-refractivity contribution < 1.29 is 5.11 Å². The highest BCUT2D eigenvalue weighted by Crippen LogP contribution is 2.43. The summed E-state index contributed by atoms with van der Waals surface area (Å²) in [6.45, 7) is 0. The molecule has 3 aromatic carbocycles. The van der Waals surface area contributed by atoms with Crippen LogP contribution in [0.25, 0.3) is 0 Å². The minimum atomic E-state index is 0.161. The Hall–Kier alpha value is -3.14. The standard InChI is InChI=1S/C18H17N3O/c19-13-7-1-3-9-15(13)21(16-10-4-2-8-14(16)20)17-11-5-6-12-18(17)22/h1-12,22H,19-20H2. The van der Waals surface area contributed by atoms with Gasteiger partial charge in [-0.2, -0.15) is 0 Å². The number of hydrogen-bond donors (Lipinski definition) is 3. The van der Waals surface area contributed by atoms with Gasteiger partial charge in [0.2, 0.25) is 0 Å². The second kappa shape index (κ2) is 5.69. The molecule has 110 valence electrons. The van der Waals surface area contributed by atoms with Crippen molar-refractivity contribution in [3.8, 4) is 5.75 Å². The number of phenols is 1. The van der Waals surface area contributed by atoms with Gasteiger partial charge >= 0.3 is 0 Å². The first-order valence-corrected chi connectivity index (χ1v) is 6.95. The number of nitrogen functional groups attached to an aromatic ring is 2. The van der Waals surface area contributed by atoms with Gasteiger partial charge in [-0.25, -0.2) is 0 Å². The first-order chi connectivity index (χ1) is 10.7. The number of aromatic hydroxyl groups is 1. The average molecular weight is 291 g/mol. The molecule has 0 unspecified atom stereocenters. The quantitative estimate of drug-likeness (QED) is 0.637. The summed E-state index contributed by atoms with van der Waals surface area (Å²) in [5, 5.41) is 10.3. The molecule has 0 aliphatic rings. The highest BCUT2D eigenvalue weighted by atomic mass is 16.3. The topological polar surface area (TPSA) is 75.5 Å². The zero-order valence-electron chi connectivity index (χ0n) is 12.0. The normalized spacial score (nSPS) is 10.4. The van der Waals surface area contributed by atoms with E-state index in [0.29, 0.717) is 17.1 Å². The van der Waals surface area contributed by atoms with Gasteiger partial charge in [0.1, 0.15) is 5.75 Å². The van der Waals surface area contributed by atoms with Gasteiger partial charge in [-0.15, -0.1) is 0 Å². The summed E-state index contributed by atoms with van der Waals surface area (Å²) in [6, 6.07) is 22.1. The van der Waals surface area contributed by atoms with E-state index in [1.54, 1.807) is 12.1 Å². The largest absolute Gasteiger partial charge is 0.506 e. The third-order valence-corrected chi connectivity index (χ3v) is 3.48. The van der Waals surface area contributed by atoms with Gasteiger partial charge in [0.15, 0.2) is 0 Å². The summed E-state index contributed by atoms with van der Waals surface area (Å²) in [5.74, 6) is 0.161. The smallest absolute Gasteiger partial charge is 0.139 e. The molecular formula is C18H17N3O. The summed E-state index contributed by atoms with van der Waals surface area (Å²) in [4.78, 5) is 1.86. The molecule has 0 aromatic heterocycles. The molecular weight excluding hydrogens is 274 g/mol. The molecule has 4 heteroatoms. The molecule has 0 spiro atoms. The number of benzene rings is 3. The number of anilines is 5. The Labute approximate surface area is 129 Å². The van der Waals surface area contributed by atoms with E-state index >= 15 is 0 Å². The number of nitrogens with zero attached hydrogens (tertiary/aromatic N) is 1. The van der Waals surface area contributed by atoms with E-state index in [1.807, 2.05) is 65.6 Å². The molecule has 0 saturated carbocycles. The molecule has 0 saturated heterocycles. The monoisotopic (exact) mass is 291 g/mol. The van der Waals surface area contributed by atoms with Crippen LogP contribution in [-0.2, 0) is 0 Å². The van der Waals surface area contributed by atoms with Gasteiger partial charge in [0.25, 0.3) is 0 Å². The minimum absolute atomic E-state index is 0.161. The molecule has 3 rings (SSSR count). The molecule has 4 nitrogen and oxygen atoms in total. The van der Waals surface area contributed by atoms with Gasteiger partial charge in [-0.05, 0) is 36.4 Å². The maximum Gasteiger partial charge on any atom is 0.139 e. The van der Waals surface area contributed by atoms with E-state index in [9.17, 15) is 5.11 Å². The summed E-state index contributed by atoms with van der Waals surface area (Å²) in [5.41, 5.74) is 15.6. The van der Waals surface area contributed by atoms with Gasteiger partial charge in [0.05, 0.1) is 28.4 Å². The van der Waals surface area contributed by atoms with Crippen molar-refractivity contribution in [2.75, 3.05) is 16.4 Å². The molecule has 5 N–H and O–H groups in total. The third-order valence-electron chi connectivity index (χ3n) is 3.48. The van der Waals surface area contributed by atoms with Crippen molar-refractivity contribution in [2.45, 2.75) is 0 Å². The molecule has 0 bridgehead atoms. The van der Waals surface area contributed by atoms with Crippen LogP contribution in [0.15, 0.2) is 72.8 Å². The average Bonchev–Trinajstić information content (AvgIpc) is 2.53. The first kappa shape index (κ1) is 13.8. The summed E-state index contributed by atoms with van der Waals surface area (Å²) >= 11 is 0. The summed E-state index contributed by atoms with van der Waals surface area (Å²) in [6.07, 6.45) is 0. The highest BCUT2D eigenvalue weighted by Gasteiger charge is 2.19. The zero-order valence-corrected chi connectivity index (χ0v) is 12.0. The van der Waals surface area contributed by atoms with Crippen LogP contribution < -0.4 is 16.4 Å². The summed E-state index contributed by atoms with van der Waals surface area (Å²) in [7, 11) is 0. The lowest BCUT2D eigenvalue weighted by Crippen LogP contribution is -2.13. The van der Waals surface area contributed by atoms with E-state index in [1.165, 1.54) is 0 Å². The van der Waals surface area contributed by atoms with Crippen molar-refractivity contribution in [2.24, 2.45) is 0 Å². The van der Waals surface area contributed by atoms with Crippen LogP contribution in [0.5, 0.6) is 5.75 Å². The van der Waals surface area contributed by atoms with Gasteiger partial charge in [0, 0.05) is 0 Å². The number of phenolic OH excluding ortho intramolecular Hbond substituents is 1. The summed E-state index contributed by atoms with van der Waals surface area (Å²) < 4.78 is 0. The number of nitrogens with two attached hydrogens (primary N) is 2. The van der Waals surface area contributed by atoms with Crippen LogP contribution in [0.4, 0.5) is 28.4 Å². The Kier molecular flexibility index (Phi) is 3.58. The fraction of sp³-hybridized carbons (Fsp3) is 0. The Balaban J connectivity index is 2.27. The van der Waals surface area contributed by atoms with Crippen molar-refractivity contribution in [3.05, 3.63) is 72.8 Å². The third kappa shape index (κ3) is 2.42. The van der Waals surface area contributed by atoms with Crippen LogP contribution in [0.1, 0.15) is 0 Å². The second-order valence-corrected chi connectivity index (χ2v) is 4.94. The van der Waals surface area contributed by atoms with Crippen LogP contribution in [0, 0.1) is 0 Å². The van der Waals surface area contributed by atoms with E-state index in [-0.39, 0.29) is 5.75 Å². The molecule has 0 radical (unpaired) electrons. The van der Waals surface area contributed by atoms with Crippen molar-refractivity contribution in [1.82, 2.24) is 0 Å². The minimum Gasteiger partial charge on any atom is -0.506 e. The molecule has 0 heterocycles. The Bertz CT molecular complexity index is 693. The van der Waals surface area contributed by atoms with E-state index in [4.69, 9.17) is 11.5 Å². The number of rotatable bonds is 3. The molecule has 0 fully saturated rings. The van der Waals surface area contributed by atoms with Crippen LogP contribution in [-0.4, -0.2) is 5.11 Å². The molecule has 0 atom stereocenters. The Morgan fingerprint density at radius 1 is 0.591 bits per heavy atom. The van der Waals surface area contributed by atoms with Crippen LogP contribution in [0.3, 0.4) is 0 Å². The zero-order chi connectivity index (χ0) is 15.5. The van der Waals surface area contributed by atoms with Gasteiger partial charge in [-0.3, -0.25) is 0 Å². The van der Waals surface area contributed by atoms with Gasteiger partial charge in [-0.1, -0.05) is 36.4 Å². The van der Waals surface area contributed by atoms with Crippen LogP contribution in [0.2, 0.25) is 0 Å². The molecule has 0 aliphatic carbocycles. The molecule has 0 aliphatic heterocycles. The fourth-order valence-corrected chi connectivity index (χ4v) is 2.42. The predicted octanol–water partition coefficient (Wildman–Crippen LogP) is 4.03. The van der Waals surface area contributed by atoms with E-state index in [2.05, 4.69) is 0 Å². The molecule has 22 heavy (non-hydrogen) atoms. The SMILES string of the molecule is Nc1ccccc1N(c1ccccc1N)c1ccccc1O. The first-order valence-electron chi connectivity index (χ1n) is 6.95. The van der Waals surface area contributed by atoms with Crippen LogP contribution >= 0.6 is 0 Å². The molecule has 0 amide bonds. The Morgan fingerprint density at radius 2 is 1.00 bits per heavy atom. The van der Waals surface area contributed by atoms with Crippen molar-refractivity contribution in [3.63, 3.8) is 0 Å². The maximum atomic E-state index is 10.3. The number of para-hydroxylation sites is 6. The van der Waals surface area contributed by atoms with Gasteiger partial charge < -0.3 is 21.5 Å². The van der Waals surface area contributed by atoms with Crippen molar-refractivity contribution in [1.29, 1.82) is 0 Å². The van der Waals surface area contributed by atoms with E-state index < -0.39 is 0 Å². The van der Waals surface area contributed by atoms with Crippen molar-refractivity contribution >= 4 is 28.4 Å². The second-order valence-electron chi connectivity index (χ2n) is 4.94. The fourth-order valence-electron chi connectivity index (χ4n) is 2.42. The predicted molar refractivity (Wildman–Crippen MR) is 91.6 cm³/mol. The highest BCUT2D eigenvalue weighted by molar-refractivity contribution is 5.89. The number of hydrogen-bond acceptors (Lipinski definition) is 4. The lowest BCUT2D eigenvalue weighted by atomic mass is 10.1.